The molecule has 0 aliphatic carbocycles. The van der Waals surface area contributed by atoms with Crippen molar-refractivity contribution in [2.45, 2.75) is 43.9 Å². The van der Waals surface area contributed by atoms with Crippen LogP contribution in [0.25, 0.3) is 0 Å². The normalized spacial score (nSPS) is 20.8. The maximum Gasteiger partial charge on any atom is 0.416 e. The predicted molar refractivity (Wildman–Crippen MR) is 155 cm³/mol. The predicted octanol–water partition coefficient (Wildman–Crippen LogP) is 5.32. The van der Waals surface area contributed by atoms with Crippen molar-refractivity contribution in [3.05, 3.63) is 106 Å². The second-order valence-corrected chi connectivity index (χ2v) is 11.6. The third kappa shape index (κ3) is 6.76. The largest absolute Gasteiger partial charge is 0.416 e. The number of hydrogen-bond acceptors (Lipinski definition) is 5. The van der Waals surface area contributed by atoms with Crippen LogP contribution in [0.1, 0.15) is 56.7 Å². The molecule has 7 nitrogen and oxygen atoms in total. The van der Waals surface area contributed by atoms with Crippen LogP contribution in [-0.4, -0.2) is 66.1 Å². The van der Waals surface area contributed by atoms with Gasteiger partial charge in [-0.25, -0.2) is 0 Å². The summed E-state index contributed by atoms with van der Waals surface area (Å²) in [7, 11) is 0. The number of fused-ring (bicyclic) bond motifs is 1. The molecule has 3 aromatic rings. The van der Waals surface area contributed by atoms with Crippen LogP contribution in [0.3, 0.4) is 0 Å². The molecule has 2 atom stereocenters. The molecule has 2 N–H and O–H groups in total. The number of rotatable bonds is 8. The molecular weight excluding hydrogens is 616 g/mol. The molecule has 246 valence electrons. The highest BCUT2D eigenvalue weighted by Crippen LogP contribution is 2.48. The first kappa shape index (κ1) is 33.4. The highest BCUT2D eigenvalue weighted by molar-refractivity contribution is 6.03. The van der Waals surface area contributed by atoms with Gasteiger partial charge < -0.3 is 20.1 Å². The fourth-order valence-electron chi connectivity index (χ4n) is 6.22. The molecule has 0 aromatic heterocycles. The highest BCUT2D eigenvalue weighted by Gasteiger charge is 2.53. The molecule has 2 amide bonds. The summed E-state index contributed by atoms with van der Waals surface area (Å²) in [4.78, 5) is 31.7. The van der Waals surface area contributed by atoms with Crippen molar-refractivity contribution < 1.29 is 45.8 Å². The van der Waals surface area contributed by atoms with Gasteiger partial charge in [0.1, 0.15) is 0 Å². The number of amides is 2. The van der Waals surface area contributed by atoms with Crippen molar-refractivity contribution in [1.29, 1.82) is 0 Å². The third-order valence-electron chi connectivity index (χ3n) is 8.60. The van der Waals surface area contributed by atoms with Crippen molar-refractivity contribution in [3.8, 4) is 0 Å². The summed E-state index contributed by atoms with van der Waals surface area (Å²) < 4.78 is 87.9. The molecule has 0 radical (unpaired) electrons. The molecule has 0 saturated carbocycles. The van der Waals surface area contributed by atoms with E-state index in [9.17, 15) is 41.0 Å². The van der Waals surface area contributed by atoms with Gasteiger partial charge in [-0.1, -0.05) is 42.5 Å². The van der Waals surface area contributed by atoms with Gasteiger partial charge in [0, 0.05) is 38.3 Å². The Bertz CT molecular complexity index is 1540. The molecule has 1 fully saturated rings. The zero-order valence-electron chi connectivity index (χ0n) is 24.9. The fraction of sp³-hybridized carbons (Fsp3) is 0.394. The lowest BCUT2D eigenvalue weighted by atomic mass is 9.67. The number of carbonyl (C=O) groups excluding carboxylic acids is 2. The molecule has 5 rings (SSSR count). The zero-order chi connectivity index (χ0) is 33.3. The van der Waals surface area contributed by atoms with E-state index in [1.807, 2.05) is 0 Å². The number of aliphatic hydroxyl groups is 1. The second-order valence-electron chi connectivity index (χ2n) is 11.6. The standard InChI is InChI=1S/C33H33F6N3O4/c1-31(30(45)40-10-11-41-12-14-46-15-13-41)27-5-3-2-4-26(27)29(44)42(28(31)23-8-6-21(20-43)7-9-23)19-22-16-24(32(34,35)36)18-25(17-22)33(37,38)39/h2-9,16-18,28,43H,10-15,19-20H2,1H3,(H,40,45)/t28-,31-/m0/s1. The van der Waals surface area contributed by atoms with Gasteiger partial charge in [-0.3, -0.25) is 14.5 Å². The lowest BCUT2D eigenvalue weighted by Gasteiger charge is -2.48. The van der Waals surface area contributed by atoms with Gasteiger partial charge in [0.15, 0.2) is 0 Å². The molecule has 2 heterocycles. The van der Waals surface area contributed by atoms with Gasteiger partial charge >= 0.3 is 12.4 Å². The number of hydrogen-bond donors (Lipinski definition) is 2. The van der Waals surface area contributed by atoms with Crippen LogP contribution in [0.4, 0.5) is 26.3 Å². The van der Waals surface area contributed by atoms with Crippen LogP contribution < -0.4 is 5.32 Å². The number of aliphatic hydroxyl groups excluding tert-OH is 1. The Labute approximate surface area is 261 Å². The second kappa shape index (κ2) is 13.0. The van der Waals surface area contributed by atoms with E-state index >= 15 is 0 Å². The van der Waals surface area contributed by atoms with Crippen LogP contribution >= 0.6 is 0 Å². The monoisotopic (exact) mass is 649 g/mol. The van der Waals surface area contributed by atoms with E-state index in [1.54, 1.807) is 49.4 Å². The van der Waals surface area contributed by atoms with E-state index in [2.05, 4.69) is 10.2 Å². The Balaban J connectivity index is 1.62. The molecule has 3 aromatic carbocycles. The van der Waals surface area contributed by atoms with Crippen molar-refractivity contribution in [2.75, 3.05) is 39.4 Å². The number of morpholine rings is 1. The SMILES string of the molecule is C[C@]1(C(=O)NCCN2CCOCC2)c2ccccc2C(=O)N(Cc2cc(C(F)(F)F)cc(C(F)(F)F)c2)[C@H]1c1ccc(CO)cc1. The van der Waals surface area contributed by atoms with Crippen LogP contribution in [0.15, 0.2) is 66.7 Å². The number of nitrogens with zero attached hydrogens (tertiary/aromatic N) is 2. The molecular formula is C33H33F6N3O4. The van der Waals surface area contributed by atoms with Gasteiger partial charge in [-0.15, -0.1) is 0 Å². The molecule has 1 saturated heterocycles. The first-order valence-corrected chi connectivity index (χ1v) is 14.7. The molecule has 2 aliphatic heterocycles. The summed E-state index contributed by atoms with van der Waals surface area (Å²) in [6, 6.07) is 12.8. The minimum atomic E-state index is -5.08. The average molecular weight is 650 g/mol. The van der Waals surface area contributed by atoms with Crippen molar-refractivity contribution in [2.24, 2.45) is 0 Å². The van der Waals surface area contributed by atoms with Crippen molar-refractivity contribution in [1.82, 2.24) is 15.1 Å². The Morgan fingerprint density at radius 3 is 2.13 bits per heavy atom. The van der Waals surface area contributed by atoms with Gasteiger partial charge in [0.2, 0.25) is 5.91 Å². The summed E-state index contributed by atoms with van der Waals surface area (Å²) in [5.41, 5.74) is -3.51. The summed E-state index contributed by atoms with van der Waals surface area (Å²) >= 11 is 0. The van der Waals surface area contributed by atoms with Gasteiger partial charge in [-0.05, 0) is 53.4 Å². The maximum absolute atomic E-state index is 14.3. The van der Waals surface area contributed by atoms with E-state index in [0.29, 0.717) is 61.7 Å². The highest BCUT2D eigenvalue weighted by atomic mass is 19.4. The minimum Gasteiger partial charge on any atom is -0.392 e. The maximum atomic E-state index is 14.3. The van der Waals surface area contributed by atoms with E-state index in [4.69, 9.17) is 4.74 Å². The van der Waals surface area contributed by atoms with Crippen molar-refractivity contribution in [3.63, 3.8) is 0 Å². The third-order valence-corrected chi connectivity index (χ3v) is 8.60. The van der Waals surface area contributed by atoms with Gasteiger partial charge in [0.25, 0.3) is 5.91 Å². The molecule has 46 heavy (non-hydrogen) atoms. The number of halogens is 6. The fourth-order valence-corrected chi connectivity index (χ4v) is 6.22. The number of benzene rings is 3. The molecule has 13 heteroatoms. The summed E-state index contributed by atoms with van der Waals surface area (Å²) in [5.74, 6) is -1.13. The minimum absolute atomic E-state index is 0.0357. The number of alkyl halides is 6. The number of ether oxygens (including phenoxy) is 1. The van der Waals surface area contributed by atoms with Gasteiger partial charge in [0.05, 0.1) is 42.4 Å². The van der Waals surface area contributed by atoms with Crippen LogP contribution in [0.5, 0.6) is 0 Å². The van der Waals surface area contributed by atoms with Crippen LogP contribution in [-0.2, 0) is 40.5 Å². The Hall–Kier alpha value is -3.94. The summed E-state index contributed by atoms with van der Waals surface area (Å²) in [6.45, 7) is 3.96. The number of carbonyl (C=O) groups is 2. The summed E-state index contributed by atoms with van der Waals surface area (Å²) in [6.07, 6.45) is -10.2. The Morgan fingerprint density at radius 1 is 0.935 bits per heavy atom. The lowest BCUT2D eigenvalue weighted by molar-refractivity contribution is -0.143. The Morgan fingerprint density at radius 2 is 1.54 bits per heavy atom. The van der Waals surface area contributed by atoms with Crippen LogP contribution in [0.2, 0.25) is 0 Å². The zero-order valence-corrected chi connectivity index (χ0v) is 24.9. The average Bonchev–Trinajstić information content (AvgIpc) is 3.03. The van der Waals surface area contributed by atoms with E-state index < -0.39 is 58.9 Å². The quantitative estimate of drug-likeness (QED) is 0.323. The first-order valence-electron chi connectivity index (χ1n) is 14.7. The van der Waals surface area contributed by atoms with Crippen molar-refractivity contribution >= 4 is 11.8 Å². The molecule has 0 unspecified atom stereocenters. The van der Waals surface area contributed by atoms with Gasteiger partial charge in [-0.2, -0.15) is 26.3 Å². The molecule has 0 spiro atoms. The van der Waals surface area contributed by atoms with E-state index in [0.717, 1.165) is 4.90 Å². The first-order chi connectivity index (χ1) is 21.7. The smallest absolute Gasteiger partial charge is 0.392 e. The lowest BCUT2D eigenvalue weighted by Crippen LogP contribution is -2.57. The van der Waals surface area contributed by atoms with E-state index in [1.165, 1.54) is 6.07 Å². The molecule has 2 aliphatic rings. The summed E-state index contributed by atoms with van der Waals surface area (Å²) in [5, 5.41) is 12.6. The number of nitrogens with one attached hydrogen (secondary N) is 1. The van der Waals surface area contributed by atoms with Crippen LogP contribution in [0, 0.1) is 0 Å². The topological polar surface area (TPSA) is 82.1 Å². The Kier molecular flexibility index (Phi) is 9.48. The molecule has 0 bridgehead atoms. The van der Waals surface area contributed by atoms with E-state index in [-0.39, 0.29) is 24.8 Å².